The van der Waals surface area contributed by atoms with Gasteiger partial charge in [0.1, 0.15) is 0 Å². The molecule has 24 heavy (non-hydrogen) atoms. The van der Waals surface area contributed by atoms with Crippen LogP contribution in [0.4, 0.5) is 5.69 Å². The smallest absolute Gasteiger partial charge is 0.253 e. The second-order valence-electron chi connectivity index (χ2n) is 7.18. The lowest BCUT2D eigenvalue weighted by molar-refractivity contribution is 0.0727. The molecular formula is C18H28N2O3S. The molecule has 1 aliphatic heterocycles. The molecule has 0 saturated carbocycles. The minimum Gasteiger partial charge on any atom is -0.378 e. The maximum Gasteiger partial charge on any atom is 0.253 e. The zero-order chi connectivity index (χ0) is 17.9. The Balaban J connectivity index is 2.10. The molecule has 0 aliphatic carbocycles. The molecule has 1 fully saturated rings. The number of carbonyl (C=O) groups is 1. The molecule has 0 radical (unpaired) electrons. The van der Waals surface area contributed by atoms with E-state index < -0.39 is 15.1 Å². The molecule has 1 atom stereocenters. The topological polar surface area (TPSA) is 57.7 Å². The zero-order valence-corrected chi connectivity index (χ0v) is 15.8. The highest BCUT2D eigenvalue weighted by Crippen LogP contribution is 2.22. The van der Waals surface area contributed by atoms with Crippen molar-refractivity contribution in [2.24, 2.45) is 5.92 Å². The quantitative estimate of drug-likeness (QED) is 0.817. The molecule has 134 valence electrons. The van der Waals surface area contributed by atoms with E-state index in [4.69, 9.17) is 0 Å². The Bertz CT molecular complexity index is 666. The van der Waals surface area contributed by atoms with Crippen LogP contribution in [-0.2, 0) is 9.84 Å². The summed E-state index contributed by atoms with van der Waals surface area (Å²) in [5.74, 6) is 0.224. The summed E-state index contributed by atoms with van der Waals surface area (Å²) >= 11 is 0. The van der Waals surface area contributed by atoms with Crippen LogP contribution in [0.5, 0.6) is 0 Å². The summed E-state index contributed by atoms with van der Waals surface area (Å²) < 4.78 is 25.0. The number of amides is 1. The number of hydrogen-bond donors (Lipinski definition) is 0. The Labute approximate surface area is 145 Å². The highest BCUT2D eigenvalue weighted by molar-refractivity contribution is 7.92. The summed E-state index contributed by atoms with van der Waals surface area (Å²) in [4.78, 5) is 16.4. The van der Waals surface area contributed by atoms with Gasteiger partial charge < -0.3 is 9.80 Å². The molecule has 0 bridgehead atoms. The van der Waals surface area contributed by atoms with E-state index in [2.05, 4.69) is 0 Å². The third-order valence-electron chi connectivity index (χ3n) is 4.37. The van der Waals surface area contributed by atoms with Crippen LogP contribution in [0.3, 0.4) is 0 Å². The Morgan fingerprint density at radius 2 is 1.88 bits per heavy atom. The van der Waals surface area contributed by atoms with E-state index in [1.165, 1.54) is 0 Å². The van der Waals surface area contributed by atoms with E-state index in [1.807, 2.05) is 57.1 Å². The first-order valence-electron chi connectivity index (χ1n) is 8.49. The van der Waals surface area contributed by atoms with Crippen LogP contribution in [0.25, 0.3) is 0 Å². The molecule has 0 N–H and O–H groups in total. The van der Waals surface area contributed by atoms with Crippen molar-refractivity contribution in [3.05, 3.63) is 29.8 Å². The second-order valence-corrected chi connectivity index (χ2v) is 9.51. The predicted molar refractivity (Wildman–Crippen MR) is 98.3 cm³/mol. The normalized spacial score (nSPS) is 18.7. The van der Waals surface area contributed by atoms with Crippen molar-refractivity contribution >= 4 is 21.4 Å². The average Bonchev–Trinajstić information content (AvgIpc) is 2.53. The van der Waals surface area contributed by atoms with Crippen LogP contribution in [0.2, 0.25) is 0 Å². The monoisotopic (exact) mass is 352 g/mol. The fourth-order valence-electron chi connectivity index (χ4n) is 3.10. The van der Waals surface area contributed by atoms with Gasteiger partial charge in [0.15, 0.2) is 9.84 Å². The average molecular weight is 353 g/mol. The zero-order valence-electron chi connectivity index (χ0n) is 15.0. The van der Waals surface area contributed by atoms with Crippen molar-refractivity contribution in [2.45, 2.75) is 31.9 Å². The molecule has 0 unspecified atom stereocenters. The van der Waals surface area contributed by atoms with Gasteiger partial charge in [-0.1, -0.05) is 13.8 Å². The summed E-state index contributed by atoms with van der Waals surface area (Å²) in [5.41, 5.74) is 1.64. The predicted octanol–water partition coefficient (Wildman–Crippen LogP) is 2.43. The first-order valence-corrected chi connectivity index (χ1v) is 10.2. The largest absolute Gasteiger partial charge is 0.378 e. The lowest BCUT2D eigenvalue weighted by Crippen LogP contribution is -2.46. The van der Waals surface area contributed by atoms with Crippen LogP contribution in [0, 0.1) is 5.92 Å². The van der Waals surface area contributed by atoms with E-state index >= 15 is 0 Å². The van der Waals surface area contributed by atoms with Crippen molar-refractivity contribution in [1.82, 2.24) is 4.90 Å². The molecule has 1 saturated heterocycles. The fourth-order valence-corrected chi connectivity index (χ4v) is 5.24. The molecule has 1 heterocycles. The first-order chi connectivity index (χ1) is 11.2. The number of anilines is 1. The Kier molecular flexibility index (Phi) is 5.91. The molecule has 2 rings (SSSR count). The molecular weight excluding hydrogens is 324 g/mol. The van der Waals surface area contributed by atoms with Gasteiger partial charge in [0.05, 0.1) is 11.0 Å². The van der Waals surface area contributed by atoms with Gasteiger partial charge >= 0.3 is 0 Å². The number of nitrogens with zero attached hydrogens (tertiary/aromatic N) is 2. The molecule has 5 nitrogen and oxygen atoms in total. The number of likely N-dealkylation sites (tertiary alicyclic amines) is 1. The fraction of sp³-hybridized carbons (Fsp3) is 0.611. The highest BCUT2D eigenvalue weighted by atomic mass is 32.2. The van der Waals surface area contributed by atoms with E-state index in [-0.39, 0.29) is 17.6 Å². The maximum atomic E-state index is 12.7. The van der Waals surface area contributed by atoms with Gasteiger partial charge in [0.2, 0.25) is 0 Å². The van der Waals surface area contributed by atoms with Gasteiger partial charge in [0, 0.05) is 38.4 Å². The number of hydrogen-bond acceptors (Lipinski definition) is 4. The van der Waals surface area contributed by atoms with Gasteiger partial charge in [-0.05, 0) is 43.0 Å². The molecule has 0 aromatic heterocycles. The van der Waals surface area contributed by atoms with Crippen molar-refractivity contribution in [3.8, 4) is 0 Å². The number of sulfone groups is 1. The molecule has 6 heteroatoms. The van der Waals surface area contributed by atoms with E-state index in [0.717, 1.165) is 12.1 Å². The van der Waals surface area contributed by atoms with Crippen LogP contribution < -0.4 is 4.90 Å². The van der Waals surface area contributed by atoms with Gasteiger partial charge in [0.25, 0.3) is 5.91 Å². The van der Waals surface area contributed by atoms with E-state index in [0.29, 0.717) is 25.1 Å². The van der Waals surface area contributed by atoms with Crippen molar-refractivity contribution in [3.63, 3.8) is 0 Å². The SMILES string of the molecule is CC(C)CS(=O)(=O)[C@H]1CCCN(C(=O)c2ccc(N(C)C)cc2)C1. The van der Waals surface area contributed by atoms with Crippen LogP contribution in [-0.4, -0.2) is 57.4 Å². The van der Waals surface area contributed by atoms with Crippen LogP contribution >= 0.6 is 0 Å². The Morgan fingerprint density at radius 1 is 1.25 bits per heavy atom. The van der Waals surface area contributed by atoms with E-state index in [9.17, 15) is 13.2 Å². The lowest BCUT2D eigenvalue weighted by atomic mass is 10.1. The standard InChI is InChI=1S/C18H28N2O3S/c1-14(2)13-24(22,23)17-6-5-11-20(12-17)18(21)15-7-9-16(10-8-15)19(3)4/h7-10,14,17H,5-6,11-13H2,1-4H3/t17-/m0/s1. The van der Waals surface area contributed by atoms with Crippen LogP contribution in [0.15, 0.2) is 24.3 Å². The first kappa shape index (κ1) is 18.8. The Hall–Kier alpha value is -1.56. The number of benzene rings is 1. The summed E-state index contributed by atoms with van der Waals surface area (Å²) in [6.45, 7) is 4.76. The maximum absolute atomic E-state index is 12.7. The minimum atomic E-state index is -3.15. The highest BCUT2D eigenvalue weighted by Gasteiger charge is 2.33. The van der Waals surface area contributed by atoms with Crippen molar-refractivity contribution in [2.75, 3.05) is 37.8 Å². The molecule has 1 aromatic rings. The number of rotatable bonds is 5. The van der Waals surface area contributed by atoms with Crippen molar-refractivity contribution < 1.29 is 13.2 Å². The van der Waals surface area contributed by atoms with Crippen LogP contribution in [0.1, 0.15) is 37.0 Å². The van der Waals surface area contributed by atoms with Gasteiger partial charge in [-0.25, -0.2) is 8.42 Å². The summed E-state index contributed by atoms with van der Waals surface area (Å²) in [6.07, 6.45) is 1.39. The van der Waals surface area contributed by atoms with Gasteiger partial charge in [-0.15, -0.1) is 0 Å². The van der Waals surface area contributed by atoms with Gasteiger partial charge in [-0.2, -0.15) is 0 Å². The summed E-state index contributed by atoms with van der Waals surface area (Å²) in [7, 11) is 0.750. The number of carbonyl (C=O) groups excluding carboxylic acids is 1. The third-order valence-corrected chi connectivity index (χ3v) is 6.90. The molecule has 1 aliphatic rings. The molecule has 0 spiro atoms. The van der Waals surface area contributed by atoms with E-state index in [1.54, 1.807) is 4.90 Å². The number of piperidine rings is 1. The summed E-state index contributed by atoms with van der Waals surface area (Å²) in [5, 5.41) is -0.432. The molecule has 1 aromatic carbocycles. The second kappa shape index (κ2) is 7.55. The lowest BCUT2D eigenvalue weighted by Gasteiger charge is -2.33. The summed E-state index contributed by atoms with van der Waals surface area (Å²) in [6, 6.07) is 7.43. The van der Waals surface area contributed by atoms with Crippen molar-refractivity contribution in [1.29, 1.82) is 0 Å². The third kappa shape index (κ3) is 4.50. The van der Waals surface area contributed by atoms with Gasteiger partial charge in [-0.3, -0.25) is 4.79 Å². The Morgan fingerprint density at radius 3 is 2.42 bits per heavy atom. The molecule has 1 amide bonds. The minimum absolute atomic E-state index is 0.0789.